The van der Waals surface area contributed by atoms with E-state index in [-0.39, 0.29) is 11.2 Å². The predicted molar refractivity (Wildman–Crippen MR) is 80.9 cm³/mol. The number of halogens is 1. The second kappa shape index (κ2) is 5.60. The lowest BCUT2D eigenvalue weighted by Gasteiger charge is -2.31. The minimum Gasteiger partial charge on any atom is -0.464 e. The van der Waals surface area contributed by atoms with E-state index in [2.05, 4.69) is 11.8 Å². The van der Waals surface area contributed by atoms with Crippen LogP contribution in [-0.4, -0.2) is 18.0 Å². The molecule has 1 fully saturated rings. The first kappa shape index (κ1) is 14.3. The molecule has 0 spiro atoms. The summed E-state index contributed by atoms with van der Waals surface area (Å²) in [5.41, 5.74) is 1.25. The largest absolute Gasteiger partial charge is 0.464 e. The number of nitrogens with zero attached hydrogens (tertiary/aromatic N) is 1. The van der Waals surface area contributed by atoms with Crippen molar-refractivity contribution in [2.45, 2.75) is 33.2 Å². The third kappa shape index (κ3) is 2.72. The Morgan fingerprint density at radius 2 is 2.29 bits per heavy atom. The molecule has 0 saturated carbocycles. The smallest absolute Gasteiger partial charge is 0.192 e. The van der Waals surface area contributed by atoms with E-state index in [4.69, 9.17) is 4.42 Å². The summed E-state index contributed by atoms with van der Waals surface area (Å²) < 4.78 is 19.8. The fraction of sp³-hybridized carbons (Fsp3) is 0.471. The van der Waals surface area contributed by atoms with E-state index >= 15 is 0 Å². The van der Waals surface area contributed by atoms with E-state index in [1.165, 1.54) is 18.8 Å². The minimum atomic E-state index is -0.255. The van der Waals surface area contributed by atoms with Gasteiger partial charge in [0.25, 0.3) is 0 Å². The van der Waals surface area contributed by atoms with E-state index in [0.29, 0.717) is 34.6 Å². The number of hydrogen-bond acceptors (Lipinski definition) is 3. The van der Waals surface area contributed by atoms with Gasteiger partial charge in [-0.15, -0.1) is 0 Å². The van der Waals surface area contributed by atoms with Gasteiger partial charge in [-0.1, -0.05) is 6.92 Å². The highest BCUT2D eigenvalue weighted by Gasteiger charge is 2.20. The van der Waals surface area contributed by atoms with Crippen LogP contribution in [0.3, 0.4) is 0 Å². The van der Waals surface area contributed by atoms with Crippen molar-refractivity contribution in [3.05, 3.63) is 45.6 Å². The molecule has 4 heteroatoms. The first-order valence-electron chi connectivity index (χ1n) is 7.48. The molecular weight excluding hydrogens is 269 g/mol. The first-order chi connectivity index (χ1) is 10.1. The number of aryl methyl sites for hydroxylation is 1. The average molecular weight is 289 g/mol. The second-order valence-corrected chi connectivity index (χ2v) is 6.12. The van der Waals surface area contributed by atoms with E-state index in [1.54, 1.807) is 13.0 Å². The van der Waals surface area contributed by atoms with Gasteiger partial charge in [-0.05, 0) is 38.3 Å². The quantitative estimate of drug-likeness (QED) is 0.848. The van der Waals surface area contributed by atoms with Crippen molar-refractivity contribution in [3.63, 3.8) is 0 Å². The van der Waals surface area contributed by atoms with Gasteiger partial charge in [-0.25, -0.2) is 4.39 Å². The molecule has 0 bridgehead atoms. The molecular formula is C17H20FNO2. The topological polar surface area (TPSA) is 33.5 Å². The van der Waals surface area contributed by atoms with E-state index in [1.807, 2.05) is 0 Å². The lowest BCUT2D eigenvalue weighted by molar-refractivity contribution is 0.175. The highest BCUT2D eigenvalue weighted by Crippen LogP contribution is 2.25. The molecule has 0 aliphatic carbocycles. The fourth-order valence-electron chi connectivity index (χ4n) is 3.22. The third-order valence-electron chi connectivity index (χ3n) is 4.32. The van der Waals surface area contributed by atoms with Gasteiger partial charge in [0.15, 0.2) is 5.43 Å². The number of likely N-dealkylation sites (tertiary alicyclic amines) is 1. The lowest BCUT2D eigenvalue weighted by atomic mass is 9.99. The molecule has 1 aliphatic rings. The molecule has 1 saturated heterocycles. The third-order valence-corrected chi connectivity index (χ3v) is 4.32. The molecule has 3 rings (SSSR count). The van der Waals surface area contributed by atoms with Crippen LogP contribution in [0, 0.1) is 18.7 Å². The van der Waals surface area contributed by atoms with Crippen molar-refractivity contribution >= 4 is 11.0 Å². The van der Waals surface area contributed by atoms with E-state index < -0.39 is 0 Å². The van der Waals surface area contributed by atoms with Crippen LogP contribution in [0.5, 0.6) is 0 Å². The zero-order valence-electron chi connectivity index (χ0n) is 12.5. The molecule has 0 N–H and O–H groups in total. The lowest BCUT2D eigenvalue weighted by Crippen LogP contribution is -2.34. The molecule has 1 aromatic carbocycles. The highest BCUT2D eigenvalue weighted by atomic mass is 19.1. The van der Waals surface area contributed by atoms with Crippen molar-refractivity contribution in [2.24, 2.45) is 5.92 Å². The molecule has 0 amide bonds. The highest BCUT2D eigenvalue weighted by molar-refractivity contribution is 5.80. The maximum absolute atomic E-state index is 14.5. The Morgan fingerprint density at radius 3 is 3.05 bits per heavy atom. The summed E-state index contributed by atoms with van der Waals surface area (Å²) in [7, 11) is 0. The van der Waals surface area contributed by atoms with Crippen LogP contribution in [0.15, 0.2) is 27.6 Å². The Morgan fingerprint density at radius 1 is 1.48 bits per heavy atom. The van der Waals surface area contributed by atoms with Gasteiger partial charge >= 0.3 is 0 Å². The average Bonchev–Trinajstić information content (AvgIpc) is 2.46. The van der Waals surface area contributed by atoms with Crippen molar-refractivity contribution in [1.29, 1.82) is 0 Å². The van der Waals surface area contributed by atoms with Crippen LogP contribution in [0.25, 0.3) is 11.0 Å². The maximum atomic E-state index is 14.5. The molecule has 21 heavy (non-hydrogen) atoms. The molecule has 1 aromatic heterocycles. The Hall–Kier alpha value is -1.68. The summed E-state index contributed by atoms with van der Waals surface area (Å²) in [4.78, 5) is 14.2. The fourth-order valence-corrected chi connectivity index (χ4v) is 3.22. The van der Waals surface area contributed by atoms with Gasteiger partial charge in [0.1, 0.15) is 11.4 Å². The van der Waals surface area contributed by atoms with Crippen LogP contribution in [0.1, 0.15) is 30.9 Å². The van der Waals surface area contributed by atoms with Crippen molar-refractivity contribution in [3.8, 4) is 0 Å². The van der Waals surface area contributed by atoms with Crippen LogP contribution >= 0.6 is 0 Å². The molecule has 2 heterocycles. The van der Waals surface area contributed by atoms with Crippen molar-refractivity contribution in [2.75, 3.05) is 13.1 Å². The molecule has 0 radical (unpaired) electrons. The summed E-state index contributed by atoms with van der Waals surface area (Å²) in [5, 5.41) is 0.469. The van der Waals surface area contributed by atoms with Gasteiger partial charge in [0, 0.05) is 30.3 Å². The van der Waals surface area contributed by atoms with Crippen LogP contribution < -0.4 is 5.43 Å². The summed E-state index contributed by atoms with van der Waals surface area (Å²) >= 11 is 0. The zero-order chi connectivity index (χ0) is 15.0. The predicted octanol–water partition coefficient (Wildman–Crippen LogP) is 3.47. The summed E-state index contributed by atoms with van der Waals surface area (Å²) in [6.45, 7) is 6.43. The SMILES string of the molecule is Cc1c(F)c(CN2CCCC(C)C2)cc2c(=O)ccoc12. The zero-order valence-corrected chi connectivity index (χ0v) is 12.5. The number of piperidine rings is 1. The Labute approximate surface area is 123 Å². The van der Waals surface area contributed by atoms with E-state index in [0.717, 1.165) is 19.5 Å². The van der Waals surface area contributed by atoms with Gasteiger partial charge in [0.05, 0.1) is 11.6 Å². The monoisotopic (exact) mass is 289 g/mol. The summed E-state index contributed by atoms with van der Waals surface area (Å²) in [6, 6.07) is 3.04. The molecule has 1 aliphatic heterocycles. The summed E-state index contributed by atoms with van der Waals surface area (Å²) in [5.74, 6) is 0.392. The van der Waals surface area contributed by atoms with Gasteiger partial charge < -0.3 is 4.42 Å². The number of fused-ring (bicyclic) bond motifs is 1. The van der Waals surface area contributed by atoms with Crippen LogP contribution in [0.2, 0.25) is 0 Å². The van der Waals surface area contributed by atoms with Gasteiger partial charge in [-0.2, -0.15) is 0 Å². The molecule has 112 valence electrons. The van der Waals surface area contributed by atoms with Gasteiger partial charge in [-0.3, -0.25) is 9.69 Å². The molecule has 2 aromatic rings. The molecule has 3 nitrogen and oxygen atoms in total. The number of hydrogen-bond donors (Lipinski definition) is 0. The first-order valence-corrected chi connectivity index (χ1v) is 7.48. The Kier molecular flexibility index (Phi) is 3.81. The second-order valence-electron chi connectivity index (χ2n) is 6.12. The maximum Gasteiger partial charge on any atom is 0.192 e. The van der Waals surface area contributed by atoms with Crippen LogP contribution in [-0.2, 0) is 6.54 Å². The van der Waals surface area contributed by atoms with Gasteiger partial charge in [0.2, 0.25) is 0 Å². The number of rotatable bonds is 2. The summed E-state index contributed by atoms with van der Waals surface area (Å²) in [6.07, 6.45) is 3.71. The van der Waals surface area contributed by atoms with Crippen molar-refractivity contribution in [1.82, 2.24) is 4.90 Å². The van der Waals surface area contributed by atoms with Crippen LogP contribution in [0.4, 0.5) is 4.39 Å². The molecule has 1 unspecified atom stereocenters. The Balaban J connectivity index is 2.00. The minimum absolute atomic E-state index is 0.118. The Bertz CT molecular complexity index is 723. The standard InChI is InChI=1S/C17H20FNO2/c1-11-4-3-6-19(9-11)10-13-8-14-15(20)5-7-21-17(14)12(2)16(13)18/h5,7-8,11H,3-4,6,9-10H2,1-2H3. The molecule has 1 atom stereocenters. The van der Waals surface area contributed by atoms with Crippen molar-refractivity contribution < 1.29 is 8.81 Å². The number of benzene rings is 1. The normalized spacial score (nSPS) is 20.0. The van der Waals surface area contributed by atoms with E-state index in [9.17, 15) is 9.18 Å².